The molecule has 2 bridgehead atoms. The molecule has 0 aromatic rings. The van der Waals surface area contributed by atoms with Gasteiger partial charge in [0.05, 0.1) is 0 Å². The van der Waals surface area contributed by atoms with Gasteiger partial charge in [-0.25, -0.2) is 0 Å². The lowest BCUT2D eigenvalue weighted by atomic mass is 9.71. The Morgan fingerprint density at radius 1 is 1.06 bits per heavy atom. The standard InChI is InChI=1S/C16H30N2/c1-2-11-3-6-13(7-4-11)16(18-17)15-10-12-5-8-14(15)9-12/h11-16,18H,2-10,17H2,1H3. The Morgan fingerprint density at radius 2 is 1.83 bits per heavy atom. The molecule has 0 amide bonds. The fourth-order valence-electron chi connectivity index (χ4n) is 5.30. The van der Waals surface area contributed by atoms with E-state index in [0.717, 1.165) is 29.6 Å². The van der Waals surface area contributed by atoms with E-state index in [4.69, 9.17) is 5.84 Å². The van der Waals surface area contributed by atoms with Crippen LogP contribution in [0.5, 0.6) is 0 Å². The van der Waals surface area contributed by atoms with Gasteiger partial charge in [-0.05, 0) is 61.7 Å². The molecule has 3 saturated carbocycles. The van der Waals surface area contributed by atoms with Crippen molar-refractivity contribution in [3.8, 4) is 0 Å². The lowest BCUT2D eigenvalue weighted by Gasteiger charge is -2.39. The Hall–Kier alpha value is -0.0800. The van der Waals surface area contributed by atoms with E-state index in [9.17, 15) is 0 Å². The van der Waals surface area contributed by atoms with Crippen molar-refractivity contribution in [2.75, 3.05) is 0 Å². The third-order valence-electron chi connectivity index (χ3n) is 6.42. The van der Waals surface area contributed by atoms with Crippen LogP contribution in [0.25, 0.3) is 0 Å². The van der Waals surface area contributed by atoms with Crippen LogP contribution < -0.4 is 11.3 Å². The molecule has 3 fully saturated rings. The number of hydrazine groups is 1. The minimum atomic E-state index is 0.623. The van der Waals surface area contributed by atoms with Crippen molar-refractivity contribution < 1.29 is 0 Å². The molecule has 3 aliphatic rings. The normalized spacial score (nSPS) is 45.3. The smallest absolute Gasteiger partial charge is 0.0269 e. The van der Waals surface area contributed by atoms with Gasteiger partial charge < -0.3 is 0 Å². The van der Waals surface area contributed by atoms with Crippen LogP contribution in [0.4, 0.5) is 0 Å². The van der Waals surface area contributed by atoms with Crippen molar-refractivity contribution in [3.05, 3.63) is 0 Å². The van der Waals surface area contributed by atoms with E-state index in [0.29, 0.717) is 6.04 Å². The zero-order valence-electron chi connectivity index (χ0n) is 11.9. The summed E-state index contributed by atoms with van der Waals surface area (Å²) in [5, 5.41) is 0. The summed E-state index contributed by atoms with van der Waals surface area (Å²) >= 11 is 0. The van der Waals surface area contributed by atoms with Gasteiger partial charge in [-0.1, -0.05) is 32.6 Å². The first-order valence-corrected chi connectivity index (χ1v) is 8.28. The van der Waals surface area contributed by atoms with Gasteiger partial charge in [-0.3, -0.25) is 11.3 Å². The highest BCUT2D eigenvalue weighted by Crippen LogP contribution is 2.51. The van der Waals surface area contributed by atoms with Crippen LogP contribution in [0.15, 0.2) is 0 Å². The zero-order valence-corrected chi connectivity index (χ0v) is 11.9. The Morgan fingerprint density at radius 3 is 2.33 bits per heavy atom. The number of hydrogen-bond donors (Lipinski definition) is 2. The zero-order chi connectivity index (χ0) is 12.5. The lowest BCUT2D eigenvalue weighted by Crippen LogP contribution is -2.48. The maximum Gasteiger partial charge on any atom is 0.0269 e. The van der Waals surface area contributed by atoms with Crippen LogP contribution in [0.2, 0.25) is 0 Å². The lowest BCUT2D eigenvalue weighted by molar-refractivity contribution is 0.142. The van der Waals surface area contributed by atoms with E-state index >= 15 is 0 Å². The average Bonchev–Trinajstić information content (AvgIpc) is 3.03. The molecule has 0 radical (unpaired) electrons. The highest BCUT2D eigenvalue weighted by Gasteiger charge is 2.45. The summed E-state index contributed by atoms with van der Waals surface area (Å²) < 4.78 is 0. The number of rotatable bonds is 4. The summed E-state index contributed by atoms with van der Waals surface area (Å²) in [6, 6.07) is 0.623. The second-order valence-corrected chi connectivity index (χ2v) is 7.22. The van der Waals surface area contributed by atoms with E-state index in [1.165, 1.54) is 57.8 Å². The highest BCUT2D eigenvalue weighted by molar-refractivity contribution is 4.97. The van der Waals surface area contributed by atoms with Crippen LogP contribution in [-0.4, -0.2) is 6.04 Å². The van der Waals surface area contributed by atoms with Gasteiger partial charge in [0, 0.05) is 6.04 Å². The SMILES string of the molecule is CCC1CCC(C(NN)C2CC3CCC2C3)CC1. The Kier molecular flexibility index (Phi) is 3.95. The van der Waals surface area contributed by atoms with E-state index in [1.54, 1.807) is 0 Å². The minimum Gasteiger partial charge on any atom is -0.271 e. The van der Waals surface area contributed by atoms with Gasteiger partial charge in [0.15, 0.2) is 0 Å². The molecule has 4 unspecified atom stereocenters. The van der Waals surface area contributed by atoms with Crippen LogP contribution in [0.1, 0.15) is 64.7 Å². The molecule has 18 heavy (non-hydrogen) atoms. The number of nitrogens with two attached hydrogens (primary N) is 1. The van der Waals surface area contributed by atoms with Crippen molar-refractivity contribution in [2.45, 2.75) is 70.8 Å². The molecule has 4 atom stereocenters. The fraction of sp³-hybridized carbons (Fsp3) is 1.00. The molecular formula is C16H30N2. The summed E-state index contributed by atoms with van der Waals surface area (Å²) in [5.74, 6) is 10.7. The van der Waals surface area contributed by atoms with Gasteiger partial charge in [-0.2, -0.15) is 0 Å². The monoisotopic (exact) mass is 250 g/mol. The largest absolute Gasteiger partial charge is 0.271 e. The van der Waals surface area contributed by atoms with Crippen molar-refractivity contribution in [2.24, 2.45) is 35.4 Å². The van der Waals surface area contributed by atoms with Crippen LogP contribution in [0, 0.1) is 29.6 Å². The van der Waals surface area contributed by atoms with Crippen molar-refractivity contribution in [3.63, 3.8) is 0 Å². The number of fused-ring (bicyclic) bond motifs is 2. The van der Waals surface area contributed by atoms with E-state index in [-0.39, 0.29) is 0 Å². The maximum atomic E-state index is 5.93. The van der Waals surface area contributed by atoms with Crippen LogP contribution in [-0.2, 0) is 0 Å². The molecular weight excluding hydrogens is 220 g/mol. The van der Waals surface area contributed by atoms with Gasteiger partial charge in [-0.15, -0.1) is 0 Å². The molecule has 0 saturated heterocycles. The van der Waals surface area contributed by atoms with Gasteiger partial charge >= 0.3 is 0 Å². The molecule has 3 rings (SSSR count). The predicted molar refractivity (Wildman–Crippen MR) is 75.8 cm³/mol. The number of hydrogen-bond acceptors (Lipinski definition) is 2. The molecule has 3 N–H and O–H groups in total. The second kappa shape index (κ2) is 5.50. The molecule has 0 aromatic heterocycles. The first-order valence-electron chi connectivity index (χ1n) is 8.28. The predicted octanol–water partition coefficient (Wildman–Crippen LogP) is 3.47. The Balaban J connectivity index is 1.59. The minimum absolute atomic E-state index is 0.623. The number of nitrogens with one attached hydrogen (secondary N) is 1. The van der Waals surface area contributed by atoms with Gasteiger partial charge in [0.1, 0.15) is 0 Å². The molecule has 0 aliphatic heterocycles. The topological polar surface area (TPSA) is 38.0 Å². The maximum absolute atomic E-state index is 5.93. The highest BCUT2D eigenvalue weighted by atomic mass is 15.2. The summed E-state index contributed by atoms with van der Waals surface area (Å²) in [7, 11) is 0. The van der Waals surface area contributed by atoms with E-state index < -0.39 is 0 Å². The van der Waals surface area contributed by atoms with Gasteiger partial charge in [0.25, 0.3) is 0 Å². The third kappa shape index (κ3) is 2.34. The van der Waals surface area contributed by atoms with Crippen LogP contribution in [0.3, 0.4) is 0 Å². The fourth-order valence-corrected chi connectivity index (χ4v) is 5.30. The Bertz CT molecular complexity index is 270. The Labute approximate surface area is 112 Å². The first-order chi connectivity index (χ1) is 8.81. The van der Waals surface area contributed by atoms with Crippen molar-refractivity contribution in [1.82, 2.24) is 5.43 Å². The first kappa shape index (κ1) is 12.9. The average molecular weight is 250 g/mol. The molecule has 2 nitrogen and oxygen atoms in total. The second-order valence-electron chi connectivity index (χ2n) is 7.22. The third-order valence-corrected chi connectivity index (χ3v) is 6.42. The molecule has 0 heterocycles. The summed E-state index contributed by atoms with van der Waals surface area (Å²) in [6.45, 7) is 2.35. The quantitative estimate of drug-likeness (QED) is 0.592. The summed E-state index contributed by atoms with van der Waals surface area (Å²) in [4.78, 5) is 0. The molecule has 2 heteroatoms. The van der Waals surface area contributed by atoms with Crippen molar-refractivity contribution in [1.29, 1.82) is 0 Å². The van der Waals surface area contributed by atoms with E-state index in [2.05, 4.69) is 12.3 Å². The molecule has 104 valence electrons. The molecule has 0 aromatic carbocycles. The van der Waals surface area contributed by atoms with Gasteiger partial charge in [0.2, 0.25) is 0 Å². The van der Waals surface area contributed by atoms with E-state index in [1.807, 2.05) is 0 Å². The summed E-state index contributed by atoms with van der Waals surface area (Å²) in [6.07, 6.45) is 13.1. The van der Waals surface area contributed by atoms with Crippen molar-refractivity contribution >= 4 is 0 Å². The molecule has 0 spiro atoms. The van der Waals surface area contributed by atoms with Crippen LogP contribution >= 0.6 is 0 Å². The summed E-state index contributed by atoms with van der Waals surface area (Å²) in [5.41, 5.74) is 3.23. The molecule has 3 aliphatic carbocycles.